The first-order valence-electron chi connectivity index (χ1n) is 8.00. The van der Waals surface area contributed by atoms with Crippen molar-refractivity contribution in [3.63, 3.8) is 0 Å². The molecule has 6 nitrogen and oxygen atoms in total. The van der Waals surface area contributed by atoms with Crippen molar-refractivity contribution in [1.82, 2.24) is 14.5 Å². The summed E-state index contributed by atoms with van der Waals surface area (Å²) in [6, 6.07) is 14.4. The molecule has 0 bridgehead atoms. The average Bonchev–Trinajstić information content (AvgIpc) is 2.66. The van der Waals surface area contributed by atoms with Gasteiger partial charge < -0.3 is 9.64 Å². The van der Waals surface area contributed by atoms with E-state index in [2.05, 4.69) is 4.98 Å². The van der Waals surface area contributed by atoms with Gasteiger partial charge in [-0.1, -0.05) is 23.9 Å². The van der Waals surface area contributed by atoms with E-state index < -0.39 is 0 Å². The monoisotopic (exact) mass is 369 g/mol. The minimum atomic E-state index is -0.166. The Hall–Kier alpha value is -2.80. The van der Waals surface area contributed by atoms with Crippen LogP contribution in [0, 0.1) is 0 Å². The Bertz CT molecular complexity index is 997. The number of carbonyl (C=O) groups excluding carboxylic acids is 1. The molecule has 7 heteroatoms. The first kappa shape index (κ1) is 18.0. The minimum absolute atomic E-state index is 0.0429. The molecule has 0 radical (unpaired) electrons. The number of methoxy groups -OCH3 is 1. The lowest BCUT2D eigenvalue weighted by atomic mass is 10.2. The predicted molar refractivity (Wildman–Crippen MR) is 103 cm³/mol. The highest BCUT2D eigenvalue weighted by atomic mass is 32.2. The summed E-state index contributed by atoms with van der Waals surface area (Å²) in [6.45, 7) is 0. The van der Waals surface area contributed by atoms with E-state index in [1.165, 1.54) is 21.2 Å². The summed E-state index contributed by atoms with van der Waals surface area (Å²) in [5.41, 5.74) is 1.12. The number of carbonyl (C=O) groups is 1. The highest BCUT2D eigenvalue weighted by Gasteiger charge is 2.15. The molecule has 26 heavy (non-hydrogen) atoms. The van der Waals surface area contributed by atoms with Gasteiger partial charge >= 0.3 is 0 Å². The molecule has 0 saturated heterocycles. The van der Waals surface area contributed by atoms with E-state index in [0.29, 0.717) is 27.5 Å². The summed E-state index contributed by atoms with van der Waals surface area (Å²) in [6.07, 6.45) is 0. The third-order valence-electron chi connectivity index (χ3n) is 3.90. The summed E-state index contributed by atoms with van der Waals surface area (Å²) in [7, 11) is 4.99. The highest BCUT2D eigenvalue weighted by Crippen LogP contribution is 2.23. The van der Waals surface area contributed by atoms with Gasteiger partial charge in [0, 0.05) is 14.1 Å². The fraction of sp³-hybridized carbons (Fsp3) is 0.211. The van der Waals surface area contributed by atoms with Crippen LogP contribution in [0.1, 0.15) is 0 Å². The van der Waals surface area contributed by atoms with Crippen LogP contribution in [0.4, 0.5) is 0 Å². The van der Waals surface area contributed by atoms with E-state index in [9.17, 15) is 9.59 Å². The second-order valence-corrected chi connectivity index (χ2v) is 6.77. The molecule has 1 heterocycles. The van der Waals surface area contributed by atoms with Gasteiger partial charge in [0.1, 0.15) is 5.75 Å². The molecule has 0 aliphatic carbocycles. The molecule has 1 aromatic heterocycles. The molecule has 3 aromatic rings. The summed E-state index contributed by atoms with van der Waals surface area (Å²) in [5, 5.41) is 1.01. The topological polar surface area (TPSA) is 64.4 Å². The zero-order valence-electron chi connectivity index (χ0n) is 14.8. The lowest BCUT2D eigenvalue weighted by molar-refractivity contribution is -0.125. The first-order valence-corrected chi connectivity index (χ1v) is 8.99. The van der Waals surface area contributed by atoms with Crippen molar-refractivity contribution in [3.8, 4) is 11.4 Å². The molecule has 1 amide bonds. The van der Waals surface area contributed by atoms with Crippen molar-refractivity contribution in [2.75, 3.05) is 27.0 Å². The van der Waals surface area contributed by atoms with Crippen molar-refractivity contribution >= 4 is 28.6 Å². The highest BCUT2D eigenvalue weighted by molar-refractivity contribution is 7.99. The molecule has 0 atom stereocenters. The predicted octanol–water partition coefficient (Wildman–Crippen LogP) is 2.57. The second kappa shape index (κ2) is 7.61. The smallest absolute Gasteiger partial charge is 0.266 e. The lowest BCUT2D eigenvalue weighted by Gasteiger charge is -2.14. The number of hydrogen-bond acceptors (Lipinski definition) is 5. The van der Waals surface area contributed by atoms with Gasteiger partial charge in [0.05, 0.1) is 29.5 Å². The van der Waals surface area contributed by atoms with E-state index in [4.69, 9.17) is 4.74 Å². The third-order valence-corrected chi connectivity index (χ3v) is 4.82. The van der Waals surface area contributed by atoms with Crippen LogP contribution in [0.5, 0.6) is 5.75 Å². The molecular formula is C19H19N3O3S. The average molecular weight is 369 g/mol. The maximum atomic E-state index is 13.1. The fourth-order valence-electron chi connectivity index (χ4n) is 2.42. The van der Waals surface area contributed by atoms with Gasteiger partial charge in [-0.15, -0.1) is 0 Å². The summed E-state index contributed by atoms with van der Waals surface area (Å²) in [5.74, 6) is 0.861. The quantitative estimate of drug-likeness (QED) is 0.511. The van der Waals surface area contributed by atoms with Gasteiger partial charge in [0.15, 0.2) is 5.16 Å². The SMILES string of the molecule is COc1ccc(-n2c(SCC(=O)N(C)C)nc3ccccc3c2=O)cc1. The molecule has 0 spiro atoms. The van der Waals surface area contributed by atoms with E-state index in [1.807, 2.05) is 12.1 Å². The van der Waals surface area contributed by atoms with Crippen LogP contribution in [-0.4, -0.2) is 47.3 Å². The number of rotatable bonds is 5. The molecule has 3 rings (SSSR count). The normalized spacial score (nSPS) is 10.7. The Labute approximate surface area is 155 Å². The number of benzene rings is 2. The van der Waals surface area contributed by atoms with Crippen molar-refractivity contribution in [3.05, 3.63) is 58.9 Å². The Kier molecular flexibility index (Phi) is 5.27. The molecule has 0 unspecified atom stereocenters. The van der Waals surface area contributed by atoms with Gasteiger partial charge in [-0.3, -0.25) is 14.2 Å². The van der Waals surface area contributed by atoms with E-state index >= 15 is 0 Å². The maximum absolute atomic E-state index is 13.1. The number of aromatic nitrogens is 2. The minimum Gasteiger partial charge on any atom is -0.497 e. The van der Waals surface area contributed by atoms with Crippen LogP contribution in [0.25, 0.3) is 16.6 Å². The van der Waals surface area contributed by atoms with Crippen molar-refractivity contribution in [2.45, 2.75) is 5.16 Å². The Balaban J connectivity index is 2.13. The van der Waals surface area contributed by atoms with Gasteiger partial charge in [0.2, 0.25) is 5.91 Å². The van der Waals surface area contributed by atoms with Crippen LogP contribution in [0.2, 0.25) is 0 Å². The zero-order chi connectivity index (χ0) is 18.7. The van der Waals surface area contributed by atoms with Gasteiger partial charge in [0.25, 0.3) is 5.56 Å². The molecule has 0 aliphatic heterocycles. The molecule has 2 aromatic carbocycles. The molecular weight excluding hydrogens is 350 g/mol. The van der Waals surface area contributed by atoms with Crippen molar-refractivity contribution < 1.29 is 9.53 Å². The van der Waals surface area contributed by atoms with Crippen LogP contribution >= 0.6 is 11.8 Å². The van der Waals surface area contributed by atoms with Gasteiger partial charge in [-0.05, 0) is 36.4 Å². The van der Waals surface area contributed by atoms with E-state index in [-0.39, 0.29) is 17.2 Å². The maximum Gasteiger partial charge on any atom is 0.266 e. The van der Waals surface area contributed by atoms with Crippen LogP contribution < -0.4 is 10.3 Å². The largest absolute Gasteiger partial charge is 0.497 e. The first-order chi connectivity index (χ1) is 12.5. The van der Waals surface area contributed by atoms with Gasteiger partial charge in [-0.25, -0.2) is 4.98 Å². The number of fused-ring (bicyclic) bond motifs is 1. The number of para-hydroxylation sites is 1. The number of ether oxygens (including phenoxy) is 1. The molecule has 0 N–H and O–H groups in total. The Morgan fingerprint density at radius 3 is 2.50 bits per heavy atom. The van der Waals surface area contributed by atoms with Crippen LogP contribution in [0.15, 0.2) is 58.5 Å². The third kappa shape index (κ3) is 3.57. The van der Waals surface area contributed by atoms with Crippen LogP contribution in [0.3, 0.4) is 0 Å². The van der Waals surface area contributed by atoms with Crippen LogP contribution in [-0.2, 0) is 4.79 Å². The number of nitrogens with zero attached hydrogens (tertiary/aromatic N) is 3. The number of hydrogen-bond donors (Lipinski definition) is 0. The number of thioether (sulfide) groups is 1. The molecule has 0 fully saturated rings. The molecule has 0 saturated carbocycles. The fourth-order valence-corrected chi connectivity index (χ4v) is 3.41. The van der Waals surface area contributed by atoms with E-state index in [1.54, 1.807) is 57.6 Å². The van der Waals surface area contributed by atoms with Gasteiger partial charge in [-0.2, -0.15) is 0 Å². The lowest BCUT2D eigenvalue weighted by Crippen LogP contribution is -2.25. The molecule has 0 aliphatic rings. The molecule has 134 valence electrons. The summed E-state index contributed by atoms with van der Waals surface area (Å²) in [4.78, 5) is 31.2. The number of amides is 1. The zero-order valence-corrected chi connectivity index (χ0v) is 15.6. The van der Waals surface area contributed by atoms with Crippen molar-refractivity contribution in [2.24, 2.45) is 0 Å². The summed E-state index contributed by atoms with van der Waals surface area (Å²) < 4.78 is 6.72. The standard InChI is InChI=1S/C19H19N3O3S/c1-21(2)17(23)12-26-19-20-16-7-5-4-6-15(16)18(24)22(19)13-8-10-14(25-3)11-9-13/h4-11H,12H2,1-3H3. The summed E-state index contributed by atoms with van der Waals surface area (Å²) >= 11 is 1.25. The van der Waals surface area contributed by atoms with E-state index in [0.717, 1.165) is 0 Å². The second-order valence-electron chi connectivity index (χ2n) is 5.83. The Morgan fingerprint density at radius 1 is 1.15 bits per heavy atom. The van der Waals surface area contributed by atoms with Crippen molar-refractivity contribution in [1.29, 1.82) is 0 Å². The Morgan fingerprint density at radius 2 is 1.85 bits per heavy atom.